The van der Waals surface area contributed by atoms with E-state index in [0.29, 0.717) is 19.6 Å². The standard InChI is InChI=1S/C15H27N5OS.HI/c1-6-16-15(18-8-7-17-14(21)11(2)3)20(5)9-13-10-22-12(4)19-13;/h10-11H,6-9H2,1-5H3,(H,16,18)(H,17,21);1H. The van der Waals surface area contributed by atoms with Crippen LogP contribution in [0.25, 0.3) is 0 Å². The van der Waals surface area contributed by atoms with Gasteiger partial charge in [-0.1, -0.05) is 13.8 Å². The summed E-state index contributed by atoms with van der Waals surface area (Å²) in [5, 5.41) is 9.27. The number of rotatable bonds is 7. The zero-order valence-electron chi connectivity index (χ0n) is 14.5. The van der Waals surface area contributed by atoms with Crippen molar-refractivity contribution < 1.29 is 4.79 Å². The Morgan fingerprint density at radius 3 is 2.65 bits per heavy atom. The maximum absolute atomic E-state index is 11.5. The van der Waals surface area contributed by atoms with Crippen molar-refractivity contribution in [3.8, 4) is 0 Å². The summed E-state index contributed by atoms with van der Waals surface area (Å²) in [6.07, 6.45) is 0. The number of guanidine groups is 1. The number of halogens is 1. The van der Waals surface area contributed by atoms with Crippen LogP contribution < -0.4 is 10.6 Å². The molecule has 0 fully saturated rings. The maximum atomic E-state index is 11.5. The quantitative estimate of drug-likeness (QED) is 0.288. The summed E-state index contributed by atoms with van der Waals surface area (Å²) in [5.74, 6) is 0.895. The van der Waals surface area contributed by atoms with Crippen molar-refractivity contribution in [1.82, 2.24) is 20.5 Å². The second kappa shape index (κ2) is 11.6. The van der Waals surface area contributed by atoms with Gasteiger partial charge in [0.05, 0.1) is 23.8 Å². The fourth-order valence-electron chi connectivity index (χ4n) is 1.81. The third-order valence-corrected chi connectivity index (χ3v) is 3.78. The zero-order valence-corrected chi connectivity index (χ0v) is 17.7. The third-order valence-electron chi connectivity index (χ3n) is 2.96. The first-order chi connectivity index (χ1) is 10.4. The number of aryl methyl sites for hydroxylation is 1. The first-order valence-electron chi connectivity index (χ1n) is 7.62. The van der Waals surface area contributed by atoms with E-state index in [4.69, 9.17) is 0 Å². The lowest BCUT2D eigenvalue weighted by Crippen LogP contribution is -2.39. The molecular formula is C15H28IN5OS. The molecule has 0 aliphatic heterocycles. The van der Waals surface area contributed by atoms with E-state index in [2.05, 4.69) is 26.0 Å². The van der Waals surface area contributed by atoms with Gasteiger partial charge in [0.15, 0.2) is 5.96 Å². The van der Waals surface area contributed by atoms with Gasteiger partial charge in [-0.15, -0.1) is 35.3 Å². The van der Waals surface area contributed by atoms with Crippen molar-refractivity contribution in [1.29, 1.82) is 0 Å². The molecule has 0 unspecified atom stereocenters. The summed E-state index contributed by atoms with van der Waals surface area (Å²) in [5.41, 5.74) is 1.05. The monoisotopic (exact) mass is 453 g/mol. The van der Waals surface area contributed by atoms with Crippen molar-refractivity contribution >= 4 is 47.2 Å². The Hall–Kier alpha value is -0.900. The number of aliphatic imine (C=N–C) groups is 1. The molecule has 0 saturated carbocycles. The lowest BCUT2D eigenvalue weighted by Gasteiger charge is -2.21. The van der Waals surface area contributed by atoms with Gasteiger partial charge in [0.25, 0.3) is 0 Å². The largest absolute Gasteiger partial charge is 0.357 e. The van der Waals surface area contributed by atoms with Gasteiger partial charge < -0.3 is 15.5 Å². The van der Waals surface area contributed by atoms with Gasteiger partial charge in [0.1, 0.15) is 0 Å². The topological polar surface area (TPSA) is 69.6 Å². The van der Waals surface area contributed by atoms with Crippen LogP contribution in [0.1, 0.15) is 31.5 Å². The second-order valence-electron chi connectivity index (χ2n) is 5.40. The van der Waals surface area contributed by atoms with Crippen molar-refractivity contribution in [2.45, 2.75) is 34.2 Å². The Kier molecular flexibility index (Phi) is 11.2. The van der Waals surface area contributed by atoms with Crippen molar-refractivity contribution in [2.75, 3.05) is 26.7 Å². The van der Waals surface area contributed by atoms with Crippen LogP contribution in [-0.4, -0.2) is 48.4 Å². The highest BCUT2D eigenvalue weighted by Gasteiger charge is 2.09. The molecular weight excluding hydrogens is 425 g/mol. The van der Waals surface area contributed by atoms with Gasteiger partial charge >= 0.3 is 0 Å². The number of aromatic nitrogens is 1. The number of amides is 1. The molecule has 1 aromatic rings. The average molecular weight is 453 g/mol. The van der Waals surface area contributed by atoms with Gasteiger partial charge in [-0.2, -0.15) is 0 Å². The summed E-state index contributed by atoms with van der Waals surface area (Å²) < 4.78 is 0. The molecule has 1 amide bonds. The van der Waals surface area contributed by atoms with Gasteiger partial charge in [0.2, 0.25) is 5.91 Å². The molecule has 8 heteroatoms. The van der Waals surface area contributed by atoms with E-state index in [9.17, 15) is 4.79 Å². The molecule has 0 radical (unpaired) electrons. The number of hydrogen-bond donors (Lipinski definition) is 2. The minimum atomic E-state index is 0. The first-order valence-corrected chi connectivity index (χ1v) is 8.50. The van der Waals surface area contributed by atoms with Crippen LogP contribution in [0.5, 0.6) is 0 Å². The van der Waals surface area contributed by atoms with E-state index in [1.54, 1.807) is 11.3 Å². The minimum absolute atomic E-state index is 0. The Morgan fingerprint density at radius 1 is 1.43 bits per heavy atom. The summed E-state index contributed by atoms with van der Waals surface area (Å²) in [6, 6.07) is 0. The highest BCUT2D eigenvalue weighted by molar-refractivity contribution is 14.0. The average Bonchev–Trinajstić information content (AvgIpc) is 2.86. The van der Waals surface area contributed by atoms with Crippen LogP contribution in [0.2, 0.25) is 0 Å². The highest BCUT2D eigenvalue weighted by Crippen LogP contribution is 2.09. The normalized spacial score (nSPS) is 11.1. The van der Waals surface area contributed by atoms with Gasteiger partial charge in [-0.05, 0) is 13.8 Å². The molecule has 0 saturated heterocycles. The number of nitrogens with zero attached hydrogens (tertiary/aromatic N) is 3. The molecule has 23 heavy (non-hydrogen) atoms. The molecule has 0 atom stereocenters. The fourth-order valence-corrected chi connectivity index (χ4v) is 2.42. The first kappa shape index (κ1) is 22.1. The van der Waals surface area contributed by atoms with E-state index in [-0.39, 0.29) is 35.8 Å². The van der Waals surface area contributed by atoms with Gasteiger partial charge in [0, 0.05) is 31.4 Å². The molecule has 132 valence electrons. The summed E-state index contributed by atoms with van der Waals surface area (Å²) >= 11 is 1.65. The molecule has 1 aromatic heterocycles. The van der Waals surface area contributed by atoms with Crippen LogP contribution in [0, 0.1) is 12.8 Å². The lowest BCUT2D eigenvalue weighted by atomic mass is 10.2. The highest BCUT2D eigenvalue weighted by atomic mass is 127. The van der Waals surface area contributed by atoms with E-state index in [0.717, 1.165) is 23.2 Å². The summed E-state index contributed by atoms with van der Waals surface area (Å²) in [7, 11) is 1.99. The molecule has 2 N–H and O–H groups in total. The van der Waals surface area contributed by atoms with E-state index < -0.39 is 0 Å². The second-order valence-corrected chi connectivity index (χ2v) is 6.46. The Balaban J connectivity index is 0.00000484. The van der Waals surface area contributed by atoms with Crippen LogP contribution in [0.4, 0.5) is 0 Å². The number of carbonyl (C=O) groups excluding carboxylic acids is 1. The molecule has 6 nitrogen and oxygen atoms in total. The molecule has 0 aliphatic carbocycles. The van der Waals surface area contributed by atoms with Crippen LogP contribution in [0.15, 0.2) is 10.4 Å². The Labute approximate surface area is 160 Å². The predicted octanol–water partition coefficient (Wildman–Crippen LogP) is 2.24. The number of thiazole rings is 1. The van der Waals surface area contributed by atoms with Gasteiger partial charge in [-0.25, -0.2) is 4.98 Å². The van der Waals surface area contributed by atoms with Crippen LogP contribution >= 0.6 is 35.3 Å². The van der Waals surface area contributed by atoms with Crippen LogP contribution in [-0.2, 0) is 11.3 Å². The summed E-state index contributed by atoms with van der Waals surface area (Å²) in [6.45, 7) is 10.4. The molecule has 1 rings (SSSR count). The molecule has 0 spiro atoms. The Morgan fingerprint density at radius 2 is 2.13 bits per heavy atom. The van der Waals surface area contributed by atoms with E-state index in [1.165, 1.54) is 0 Å². The number of carbonyl (C=O) groups is 1. The van der Waals surface area contributed by atoms with Gasteiger partial charge in [-0.3, -0.25) is 9.79 Å². The smallest absolute Gasteiger partial charge is 0.222 e. The summed E-state index contributed by atoms with van der Waals surface area (Å²) in [4.78, 5) is 22.6. The molecule has 1 heterocycles. The van der Waals surface area contributed by atoms with E-state index >= 15 is 0 Å². The number of nitrogens with one attached hydrogen (secondary N) is 2. The SMILES string of the molecule is CCNC(=NCCNC(=O)C(C)C)N(C)Cc1csc(C)n1.I. The molecule has 0 bridgehead atoms. The fraction of sp³-hybridized carbons (Fsp3) is 0.667. The van der Waals surface area contributed by atoms with Crippen LogP contribution in [0.3, 0.4) is 0 Å². The molecule has 0 aliphatic rings. The lowest BCUT2D eigenvalue weighted by molar-refractivity contribution is -0.123. The maximum Gasteiger partial charge on any atom is 0.222 e. The van der Waals surface area contributed by atoms with Crippen molar-refractivity contribution in [2.24, 2.45) is 10.9 Å². The Bertz CT molecular complexity index is 504. The van der Waals surface area contributed by atoms with Crippen molar-refractivity contribution in [3.05, 3.63) is 16.1 Å². The van der Waals surface area contributed by atoms with Crippen molar-refractivity contribution in [3.63, 3.8) is 0 Å². The van der Waals surface area contributed by atoms with E-state index in [1.807, 2.05) is 39.6 Å². The minimum Gasteiger partial charge on any atom is -0.357 e. The predicted molar refractivity (Wildman–Crippen MR) is 108 cm³/mol. The zero-order chi connectivity index (χ0) is 16.5. The molecule has 0 aromatic carbocycles. The number of hydrogen-bond acceptors (Lipinski definition) is 4. The third kappa shape index (κ3) is 8.50.